The van der Waals surface area contributed by atoms with Crippen molar-refractivity contribution in [2.24, 2.45) is 5.92 Å². The van der Waals surface area contributed by atoms with Crippen LogP contribution in [0.5, 0.6) is 11.5 Å². The van der Waals surface area contributed by atoms with E-state index in [4.69, 9.17) is 9.47 Å². The van der Waals surface area contributed by atoms with Crippen LogP contribution in [-0.2, 0) is 17.8 Å². The van der Waals surface area contributed by atoms with Crippen LogP contribution in [-0.4, -0.2) is 42.7 Å². The van der Waals surface area contributed by atoms with Crippen molar-refractivity contribution in [1.82, 2.24) is 4.90 Å². The van der Waals surface area contributed by atoms with Crippen LogP contribution in [0.3, 0.4) is 0 Å². The molecule has 5 heteroatoms. The lowest BCUT2D eigenvalue weighted by Crippen LogP contribution is -2.41. The Labute approximate surface area is 201 Å². The molecule has 0 aromatic heterocycles. The van der Waals surface area contributed by atoms with Crippen molar-refractivity contribution in [3.8, 4) is 22.6 Å². The summed E-state index contributed by atoms with van der Waals surface area (Å²) in [7, 11) is 1.68. The number of hydrogen-bond acceptors (Lipinski definition) is 4. The van der Waals surface area contributed by atoms with Crippen molar-refractivity contribution in [2.45, 2.75) is 32.3 Å². The van der Waals surface area contributed by atoms with E-state index in [0.717, 1.165) is 72.5 Å². The molecule has 0 radical (unpaired) electrons. The highest BCUT2D eigenvalue weighted by Crippen LogP contribution is 2.30. The maximum atomic E-state index is 12.8. The van der Waals surface area contributed by atoms with Gasteiger partial charge in [0.15, 0.2) is 6.61 Å². The molecule has 1 saturated heterocycles. The number of aliphatic hydroxyl groups excluding tert-OH is 1. The number of aliphatic hydroxyl groups is 1. The third-order valence-corrected chi connectivity index (χ3v) is 6.64. The maximum absolute atomic E-state index is 12.8. The molecule has 1 N–H and O–H groups in total. The lowest BCUT2D eigenvalue weighted by molar-refractivity contribution is -0.134. The van der Waals surface area contributed by atoms with E-state index in [1.165, 1.54) is 0 Å². The standard InChI is InChI=1S/C29H33NO4/c1-33-27-14-12-23(20-31)19-25(27)13-11-22-15-17-30(18-16-22)29(32)21-34-28-10-6-5-9-26(28)24-7-3-2-4-8-24/h2-10,12,14,19,22,31H,11,13,15-18,20-21H2,1H3. The fourth-order valence-electron chi connectivity index (χ4n) is 4.64. The number of ether oxygens (including phenoxy) is 2. The van der Waals surface area contributed by atoms with E-state index in [2.05, 4.69) is 0 Å². The molecule has 1 aliphatic heterocycles. The Hall–Kier alpha value is -3.31. The Bertz CT molecular complexity index is 1070. The fraction of sp³-hybridized carbons (Fsp3) is 0.345. The Kier molecular flexibility index (Phi) is 8.21. The van der Waals surface area contributed by atoms with Gasteiger partial charge in [0.05, 0.1) is 13.7 Å². The van der Waals surface area contributed by atoms with Crippen LogP contribution in [0, 0.1) is 5.92 Å². The van der Waals surface area contributed by atoms with Crippen LogP contribution < -0.4 is 9.47 Å². The lowest BCUT2D eigenvalue weighted by atomic mass is 9.90. The number of aryl methyl sites for hydroxylation is 1. The zero-order valence-electron chi connectivity index (χ0n) is 19.8. The summed E-state index contributed by atoms with van der Waals surface area (Å²) in [5.74, 6) is 2.22. The maximum Gasteiger partial charge on any atom is 0.260 e. The molecule has 3 aromatic rings. The Balaban J connectivity index is 1.27. The smallest absolute Gasteiger partial charge is 0.260 e. The predicted octanol–water partition coefficient (Wildman–Crippen LogP) is 5.10. The highest BCUT2D eigenvalue weighted by molar-refractivity contribution is 5.78. The number of para-hydroxylation sites is 1. The number of carbonyl (C=O) groups is 1. The van der Waals surface area contributed by atoms with Crippen LogP contribution in [0.4, 0.5) is 0 Å². The van der Waals surface area contributed by atoms with Crippen molar-refractivity contribution < 1.29 is 19.4 Å². The molecular formula is C29H33NO4. The Morgan fingerprint density at radius 2 is 1.71 bits per heavy atom. The highest BCUT2D eigenvalue weighted by atomic mass is 16.5. The summed E-state index contributed by atoms with van der Waals surface area (Å²) in [5.41, 5.74) is 4.12. The summed E-state index contributed by atoms with van der Waals surface area (Å²) in [4.78, 5) is 14.7. The van der Waals surface area contributed by atoms with Crippen LogP contribution in [0.25, 0.3) is 11.1 Å². The van der Waals surface area contributed by atoms with Gasteiger partial charge in [-0.05, 0) is 66.5 Å². The number of piperidine rings is 1. The first-order valence-electron chi connectivity index (χ1n) is 12.0. The van der Waals surface area contributed by atoms with Gasteiger partial charge in [0, 0.05) is 18.7 Å². The average Bonchev–Trinajstić information content (AvgIpc) is 2.91. The first-order valence-corrected chi connectivity index (χ1v) is 12.0. The summed E-state index contributed by atoms with van der Waals surface area (Å²) < 4.78 is 11.4. The molecule has 1 aliphatic rings. The summed E-state index contributed by atoms with van der Waals surface area (Å²) in [6.07, 6.45) is 3.95. The van der Waals surface area contributed by atoms with E-state index in [1.807, 2.05) is 77.7 Å². The largest absolute Gasteiger partial charge is 0.496 e. The molecule has 4 rings (SSSR count). The molecule has 0 unspecified atom stereocenters. The van der Waals surface area contributed by atoms with E-state index in [-0.39, 0.29) is 19.1 Å². The normalized spacial score (nSPS) is 14.1. The van der Waals surface area contributed by atoms with Gasteiger partial charge in [0.1, 0.15) is 11.5 Å². The number of rotatable bonds is 9. The highest BCUT2D eigenvalue weighted by Gasteiger charge is 2.23. The molecule has 0 atom stereocenters. The molecule has 0 spiro atoms. The second-order valence-electron chi connectivity index (χ2n) is 8.82. The van der Waals surface area contributed by atoms with Gasteiger partial charge in [-0.3, -0.25) is 4.79 Å². The molecule has 34 heavy (non-hydrogen) atoms. The number of amides is 1. The zero-order chi connectivity index (χ0) is 23.8. The molecule has 0 saturated carbocycles. The van der Waals surface area contributed by atoms with Crippen LogP contribution in [0.15, 0.2) is 72.8 Å². The zero-order valence-corrected chi connectivity index (χ0v) is 19.8. The summed E-state index contributed by atoms with van der Waals surface area (Å²) in [6.45, 7) is 1.62. The fourth-order valence-corrected chi connectivity index (χ4v) is 4.64. The lowest BCUT2D eigenvalue weighted by Gasteiger charge is -2.32. The van der Waals surface area contributed by atoms with Gasteiger partial charge in [-0.25, -0.2) is 0 Å². The van der Waals surface area contributed by atoms with E-state index in [9.17, 15) is 9.90 Å². The topological polar surface area (TPSA) is 59.0 Å². The van der Waals surface area contributed by atoms with Gasteiger partial charge >= 0.3 is 0 Å². The Morgan fingerprint density at radius 3 is 2.44 bits per heavy atom. The minimum absolute atomic E-state index is 0.0371. The van der Waals surface area contributed by atoms with E-state index in [0.29, 0.717) is 5.92 Å². The van der Waals surface area contributed by atoms with Gasteiger partial charge in [-0.1, -0.05) is 54.6 Å². The molecule has 0 aliphatic carbocycles. The molecular weight excluding hydrogens is 426 g/mol. The SMILES string of the molecule is COc1ccc(CO)cc1CCC1CCN(C(=O)COc2ccccc2-c2ccccc2)CC1. The van der Waals surface area contributed by atoms with Crippen LogP contribution >= 0.6 is 0 Å². The van der Waals surface area contributed by atoms with E-state index in [1.54, 1.807) is 7.11 Å². The number of hydrogen-bond donors (Lipinski definition) is 1. The molecule has 1 heterocycles. The van der Waals surface area contributed by atoms with Crippen molar-refractivity contribution in [2.75, 3.05) is 26.8 Å². The van der Waals surface area contributed by atoms with E-state index >= 15 is 0 Å². The molecule has 1 fully saturated rings. The molecule has 178 valence electrons. The number of benzene rings is 3. The van der Waals surface area contributed by atoms with Crippen molar-refractivity contribution in [1.29, 1.82) is 0 Å². The van der Waals surface area contributed by atoms with Crippen molar-refractivity contribution in [3.63, 3.8) is 0 Å². The second-order valence-corrected chi connectivity index (χ2v) is 8.82. The minimum atomic E-state index is 0.0371. The first kappa shape index (κ1) is 23.8. The second kappa shape index (κ2) is 11.7. The predicted molar refractivity (Wildman–Crippen MR) is 134 cm³/mol. The third kappa shape index (κ3) is 5.97. The first-order chi connectivity index (χ1) is 16.7. The molecule has 0 bridgehead atoms. The van der Waals surface area contributed by atoms with E-state index < -0.39 is 0 Å². The summed E-state index contributed by atoms with van der Waals surface area (Å²) >= 11 is 0. The summed E-state index contributed by atoms with van der Waals surface area (Å²) in [6, 6.07) is 23.8. The molecule has 5 nitrogen and oxygen atoms in total. The number of likely N-dealkylation sites (tertiary alicyclic amines) is 1. The molecule has 1 amide bonds. The monoisotopic (exact) mass is 459 g/mol. The molecule has 3 aromatic carbocycles. The van der Waals surface area contributed by atoms with Crippen molar-refractivity contribution in [3.05, 3.63) is 83.9 Å². The van der Waals surface area contributed by atoms with Gasteiger partial charge in [-0.2, -0.15) is 0 Å². The van der Waals surface area contributed by atoms with Crippen molar-refractivity contribution >= 4 is 5.91 Å². The number of methoxy groups -OCH3 is 1. The van der Waals surface area contributed by atoms with Crippen LogP contribution in [0.1, 0.15) is 30.4 Å². The minimum Gasteiger partial charge on any atom is -0.496 e. The van der Waals surface area contributed by atoms with Crippen LogP contribution in [0.2, 0.25) is 0 Å². The summed E-state index contributed by atoms with van der Waals surface area (Å²) in [5, 5.41) is 9.42. The number of nitrogens with zero attached hydrogens (tertiary/aromatic N) is 1. The van der Waals surface area contributed by atoms with Gasteiger partial charge in [-0.15, -0.1) is 0 Å². The van der Waals surface area contributed by atoms with Gasteiger partial charge < -0.3 is 19.5 Å². The third-order valence-electron chi connectivity index (χ3n) is 6.64. The average molecular weight is 460 g/mol. The quantitative estimate of drug-likeness (QED) is 0.483. The number of carbonyl (C=O) groups excluding carboxylic acids is 1. The Morgan fingerprint density at radius 1 is 0.971 bits per heavy atom. The van der Waals surface area contributed by atoms with Gasteiger partial charge in [0.2, 0.25) is 0 Å². The van der Waals surface area contributed by atoms with Gasteiger partial charge in [0.25, 0.3) is 5.91 Å².